The van der Waals surface area contributed by atoms with Gasteiger partial charge in [0, 0.05) is 44.7 Å². The van der Waals surface area contributed by atoms with E-state index in [4.69, 9.17) is 30.5 Å². The summed E-state index contributed by atoms with van der Waals surface area (Å²) in [5.74, 6) is 2.24. The number of ether oxygens (including phenoxy) is 3. The molecule has 2 aliphatic heterocycles. The van der Waals surface area contributed by atoms with E-state index >= 15 is 8.42 Å². The molecule has 2 unspecified atom stereocenters. The van der Waals surface area contributed by atoms with E-state index in [2.05, 4.69) is 31.1 Å². The molecule has 2 saturated heterocycles. The highest BCUT2D eigenvalue weighted by molar-refractivity contribution is 7.89. The van der Waals surface area contributed by atoms with Crippen molar-refractivity contribution in [1.82, 2.24) is 34.3 Å². The van der Waals surface area contributed by atoms with Crippen molar-refractivity contribution in [3.05, 3.63) is 137 Å². The number of methoxy groups -OCH3 is 3. The van der Waals surface area contributed by atoms with Gasteiger partial charge in [-0.05, 0) is 111 Å². The van der Waals surface area contributed by atoms with Crippen molar-refractivity contribution in [2.24, 2.45) is 17.1 Å². The fourth-order valence-electron chi connectivity index (χ4n) is 9.73. The summed E-state index contributed by atoms with van der Waals surface area (Å²) in [4.78, 5) is 17.1. The number of hydrogen-bond acceptors (Lipinski definition) is 10. The molecule has 1 aromatic heterocycles. The van der Waals surface area contributed by atoms with Gasteiger partial charge in [-0.2, -0.15) is 9.10 Å². The third kappa shape index (κ3) is 10.7. The second-order valence-electron chi connectivity index (χ2n) is 18.9. The predicted octanol–water partition coefficient (Wildman–Crippen LogP) is 8.11. The van der Waals surface area contributed by atoms with Gasteiger partial charge < -0.3 is 34.9 Å². The molecule has 2 atom stereocenters. The first-order chi connectivity index (χ1) is 33.1. The summed E-state index contributed by atoms with van der Waals surface area (Å²) in [5, 5.41) is 32.1. The number of tetrazole rings is 1. The minimum absolute atomic E-state index is 0.0219. The summed E-state index contributed by atoms with van der Waals surface area (Å²) < 4.78 is 50.2. The number of rotatable bonds is 16. The first-order valence-corrected chi connectivity index (χ1v) is 24.5. The van der Waals surface area contributed by atoms with Gasteiger partial charge in [0.2, 0.25) is 15.8 Å². The van der Waals surface area contributed by atoms with Crippen LogP contribution in [-0.4, -0.2) is 107 Å². The lowest BCUT2D eigenvalue weighted by Crippen LogP contribution is -2.62. The maximum Gasteiger partial charge on any atom is 0.407 e. The molecule has 69 heavy (non-hydrogen) atoms. The van der Waals surface area contributed by atoms with Gasteiger partial charge in [0.1, 0.15) is 17.2 Å². The second kappa shape index (κ2) is 20.3. The van der Waals surface area contributed by atoms with E-state index in [1.54, 1.807) is 21.3 Å². The highest BCUT2D eigenvalue weighted by Crippen LogP contribution is 2.46. The molecule has 0 spiro atoms. The summed E-state index contributed by atoms with van der Waals surface area (Å²) in [7, 11) is 0.349. The minimum atomic E-state index is -4.44. The molecular weight excluding hydrogens is 895 g/mol. The Hall–Kier alpha value is -6.98. The summed E-state index contributed by atoms with van der Waals surface area (Å²) in [6.07, 6.45) is 0.921. The van der Waals surface area contributed by atoms with Crippen LogP contribution >= 0.6 is 0 Å². The molecule has 16 nitrogen and oxygen atoms in total. The SMILES string of the molecule is COc1ccc(CN(Cc2ccc(OC)cc2)S(=O)(=O)c2c(CC3CCN(C(=N)N)CC3)ccc(-c3ccc(C4CN(C(=O)O)C4C(C)(C)C)cc3)c2-c2nnn(Cc3ccc(OC)cc3)n2)cc1. The van der Waals surface area contributed by atoms with Crippen molar-refractivity contribution in [1.29, 1.82) is 5.41 Å². The smallest absolute Gasteiger partial charge is 0.407 e. The molecule has 0 bridgehead atoms. The molecule has 17 heteroatoms. The third-order valence-electron chi connectivity index (χ3n) is 13.4. The van der Waals surface area contributed by atoms with Crippen molar-refractivity contribution in [3.63, 3.8) is 0 Å². The molecule has 2 aliphatic rings. The topological polar surface area (TPSA) is 202 Å². The van der Waals surface area contributed by atoms with E-state index in [1.165, 1.54) is 14.0 Å². The number of aromatic nitrogens is 4. The summed E-state index contributed by atoms with van der Waals surface area (Å²) >= 11 is 0. The molecule has 0 saturated carbocycles. The number of nitrogens with two attached hydrogens (primary N) is 1. The number of hydrogen-bond donors (Lipinski definition) is 3. The first kappa shape index (κ1) is 48.5. The van der Waals surface area contributed by atoms with Gasteiger partial charge in [-0.15, -0.1) is 10.2 Å². The molecule has 5 aromatic carbocycles. The van der Waals surface area contributed by atoms with Gasteiger partial charge in [-0.3, -0.25) is 5.41 Å². The van der Waals surface area contributed by atoms with Crippen molar-refractivity contribution < 1.29 is 32.5 Å². The molecule has 4 N–H and O–H groups in total. The number of carbonyl (C=O) groups is 1. The maximum atomic E-state index is 16.2. The molecular formula is C52H61N9O7S. The monoisotopic (exact) mass is 955 g/mol. The van der Waals surface area contributed by atoms with Crippen LogP contribution < -0.4 is 19.9 Å². The van der Waals surface area contributed by atoms with Crippen molar-refractivity contribution in [3.8, 4) is 39.8 Å². The van der Waals surface area contributed by atoms with Crippen LogP contribution in [0.4, 0.5) is 4.79 Å². The lowest BCUT2D eigenvalue weighted by Gasteiger charge is -2.53. The Labute approximate surface area is 404 Å². The average Bonchev–Trinajstić information content (AvgIpc) is 3.79. The van der Waals surface area contributed by atoms with Crippen LogP contribution in [0.15, 0.2) is 114 Å². The Morgan fingerprint density at radius 3 is 1.83 bits per heavy atom. The van der Waals surface area contributed by atoms with Crippen LogP contribution in [0.5, 0.6) is 17.2 Å². The van der Waals surface area contributed by atoms with E-state index in [1.807, 2.05) is 114 Å². The molecule has 6 aromatic rings. The van der Waals surface area contributed by atoms with Gasteiger partial charge >= 0.3 is 6.09 Å². The van der Waals surface area contributed by atoms with Gasteiger partial charge in [0.25, 0.3) is 0 Å². The normalized spacial score (nSPS) is 16.6. The Balaban J connectivity index is 1.30. The Morgan fingerprint density at radius 2 is 1.33 bits per heavy atom. The Morgan fingerprint density at radius 1 is 0.797 bits per heavy atom. The quantitative estimate of drug-likeness (QED) is 0.0622. The lowest BCUT2D eigenvalue weighted by molar-refractivity contribution is -0.00161. The number of nitrogens with zero attached hydrogens (tertiary/aromatic N) is 7. The minimum Gasteiger partial charge on any atom is -0.497 e. The number of nitrogens with one attached hydrogen (secondary N) is 1. The van der Waals surface area contributed by atoms with Crippen LogP contribution in [0.1, 0.15) is 67.3 Å². The van der Waals surface area contributed by atoms with E-state index in [-0.39, 0.29) is 59.6 Å². The fraction of sp³-hybridized carbons (Fsp3) is 0.365. The van der Waals surface area contributed by atoms with Crippen molar-refractivity contribution in [2.45, 2.75) is 76.5 Å². The van der Waals surface area contributed by atoms with Crippen LogP contribution in [0.25, 0.3) is 22.5 Å². The summed E-state index contributed by atoms with van der Waals surface area (Å²) in [5.41, 5.74) is 11.3. The number of sulfonamides is 1. The van der Waals surface area contributed by atoms with Gasteiger partial charge in [-0.25, -0.2) is 13.2 Å². The zero-order valence-electron chi connectivity index (χ0n) is 40.0. The second-order valence-corrected chi connectivity index (χ2v) is 20.8. The third-order valence-corrected chi connectivity index (χ3v) is 15.3. The molecule has 1 amide bonds. The zero-order valence-corrected chi connectivity index (χ0v) is 40.8. The summed E-state index contributed by atoms with van der Waals surface area (Å²) in [6, 6.07) is 33.9. The van der Waals surface area contributed by atoms with E-state index in [0.29, 0.717) is 72.8 Å². The van der Waals surface area contributed by atoms with Crippen molar-refractivity contribution in [2.75, 3.05) is 41.0 Å². The Kier molecular flexibility index (Phi) is 14.3. The average molecular weight is 956 g/mol. The number of likely N-dealkylation sites (tertiary alicyclic amines) is 2. The van der Waals surface area contributed by atoms with Gasteiger partial charge in [-0.1, -0.05) is 93.6 Å². The van der Waals surface area contributed by atoms with Crippen LogP contribution in [0, 0.1) is 16.7 Å². The van der Waals surface area contributed by atoms with E-state index < -0.39 is 16.1 Å². The van der Waals surface area contributed by atoms with Crippen LogP contribution in [0.2, 0.25) is 0 Å². The first-order valence-electron chi connectivity index (χ1n) is 23.1. The zero-order chi connectivity index (χ0) is 49.0. The fourth-order valence-corrected chi connectivity index (χ4v) is 11.6. The number of piperidine rings is 1. The van der Waals surface area contributed by atoms with Gasteiger partial charge in [0.15, 0.2) is 5.96 Å². The number of carboxylic acid groups (broad SMARTS) is 1. The number of guanidine groups is 1. The standard InChI is InChI=1S/C52H61N9O7S/c1-52(2,3)48-45(33-60(48)51(62)63)39-15-13-38(14-16-39)44-24-17-40(29-34-25-27-58(28-26-34)50(53)54)47(46(44)49-55-57-61(56-49)32-37-11-22-43(68-6)23-12-37)69(64,65)59(30-35-7-18-41(66-4)19-8-35)31-36-9-20-42(67-5)21-10-36/h7-24,34,45,48H,25-33H2,1-6H3,(H3,53,54)(H,62,63). The molecule has 3 heterocycles. The summed E-state index contributed by atoms with van der Waals surface area (Å²) in [6.45, 7) is 8.05. The number of amides is 1. The van der Waals surface area contributed by atoms with E-state index in [0.717, 1.165) is 27.8 Å². The van der Waals surface area contributed by atoms with Gasteiger partial charge in [0.05, 0.1) is 38.3 Å². The highest BCUT2D eigenvalue weighted by atomic mass is 32.2. The molecule has 8 rings (SSSR count). The predicted molar refractivity (Wildman–Crippen MR) is 264 cm³/mol. The largest absolute Gasteiger partial charge is 0.497 e. The molecule has 0 aliphatic carbocycles. The van der Waals surface area contributed by atoms with Crippen LogP contribution in [-0.2, 0) is 36.1 Å². The van der Waals surface area contributed by atoms with Crippen LogP contribution in [0.3, 0.4) is 0 Å². The molecule has 0 radical (unpaired) electrons. The molecule has 2 fully saturated rings. The highest BCUT2D eigenvalue weighted by Gasteiger charge is 2.49. The Bertz CT molecular complexity index is 2810. The number of benzene rings is 5. The molecule has 362 valence electrons. The van der Waals surface area contributed by atoms with Crippen molar-refractivity contribution >= 4 is 22.1 Å². The maximum absolute atomic E-state index is 16.2. The van der Waals surface area contributed by atoms with E-state index in [9.17, 15) is 9.90 Å². The lowest BCUT2D eigenvalue weighted by atomic mass is 9.69.